The molecule has 1 aliphatic heterocycles. The van der Waals surface area contributed by atoms with Crippen LogP contribution < -0.4 is 10.6 Å². The quantitative estimate of drug-likeness (QED) is 0.591. The van der Waals surface area contributed by atoms with E-state index in [1.165, 1.54) is 4.31 Å². The number of aryl methyl sites for hydroxylation is 2. The second-order valence-corrected chi connectivity index (χ2v) is 9.47. The number of amides is 1. The zero-order valence-electron chi connectivity index (χ0n) is 17.5. The summed E-state index contributed by atoms with van der Waals surface area (Å²) in [5, 5.41) is 6.01. The summed E-state index contributed by atoms with van der Waals surface area (Å²) in [7, 11) is -3.40. The summed E-state index contributed by atoms with van der Waals surface area (Å²) in [5.74, 6) is 0.531. The molecule has 1 aromatic carbocycles. The van der Waals surface area contributed by atoms with Gasteiger partial charge in [-0.2, -0.15) is 4.31 Å². The monoisotopic (exact) mass is 431 g/mol. The minimum absolute atomic E-state index is 0.0492. The molecule has 0 atom stereocenters. The van der Waals surface area contributed by atoms with E-state index in [0.29, 0.717) is 49.9 Å². The van der Waals surface area contributed by atoms with E-state index < -0.39 is 10.0 Å². The Bertz CT molecular complexity index is 950. The first-order valence-electron chi connectivity index (χ1n) is 10.3. The molecule has 0 saturated carbocycles. The van der Waals surface area contributed by atoms with Crippen LogP contribution in [0.4, 0.5) is 5.95 Å². The molecule has 162 valence electrons. The number of nitrogens with one attached hydrogen (secondary N) is 2. The predicted octanol–water partition coefficient (Wildman–Crippen LogP) is 2.39. The minimum Gasteiger partial charge on any atom is -0.354 e. The standard InChI is InChI=1S/C21H29N5O3S/c1-16-14-17(2)25-21(24-16)22-11-5-6-20(27)23-15-18-7-9-19(10-8-18)30(28,29)26-12-3-4-13-26/h7-10,14H,3-6,11-13,15H2,1-2H3,(H,23,27)(H,22,24,25). The van der Waals surface area contributed by atoms with Crippen LogP contribution in [0.1, 0.15) is 42.6 Å². The summed E-state index contributed by atoms with van der Waals surface area (Å²) >= 11 is 0. The Hall–Kier alpha value is -2.52. The molecule has 1 amide bonds. The fourth-order valence-corrected chi connectivity index (χ4v) is 4.92. The van der Waals surface area contributed by atoms with Crippen molar-refractivity contribution in [1.29, 1.82) is 0 Å². The molecule has 0 spiro atoms. The van der Waals surface area contributed by atoms with E-state index in [0.717, 1.165) is 29.8 Å². The van der Waals surface area contributed by atoms with Gasteiger partial charge in [-0.25, -0.2) is 18.4 Å². The molecule has 1 saturated heterocycles. The fraction of sp³-hybridized carbons (Fsp3) is 0.476. The normalized spacial score (nSPS) is 14.6. The smallest absolute Gasteiger partial charge is 0.243 e. The number of aromatic nitrogens is 2. The second-order valence-electron chi connectivity index (χ2n) is 7.54. The Morgan fingerprint density at radius 2 is 1.70 bits per heavy atom. The first-order valence-corrected chi connectivity index (χ1v) is 11.7. The topological polar surface area (TPSA) is 104 Å². The van der Waals surface area contributed by atoms with Gasteiger partial charge < -0.3 is 10.6 Å². The van der Waals surface area contributed by atoms with Crippen molar-refractivity contribution in [3.05, 3.63) is 47.3 Å². The average Bonchev–Trinajstić information content (AvgIpc) is 3.25. The summed E-state index contributed by atoms with van der Waals surface area (Å²) in [6, 6.07) is 8.64. The van der Waals surface area contributed by atoms with E-state index in [9.17, 15) is 13.2 Å². The summed E-state index contributed by atoms with van der Waals surface area (Å²) in [5.41, 5.74) is 2.68. The number of rotatable bonds is 9. The van der Waals surface area contributed by atoms with Gasteiger partial charge in [0.25, 0.3) is 0 Å². The van der Waals surface area contributed by atoms with Crippen molar-refractivity contribution in [3.8, 4) is 0 Å². The van der Waals surface area contributed by atoms with Gasteiger partial charge in [0.1, 0.15) is 0 Å². The van der Waals surface area contributed by atoms with E-state index in [2.05, 4.69) is 20.6 Å². The number of hydrogen-bond acceptors (Lipinski definition) is 6. The second kappa shape index (κ2) is 9.99. The summed E-state index contributed by atoms with van der Waals surface area (Å²) in [6.07, 6.45) is 2.88. The third-order valence-electron chi connectivity index (χ3n) is 4.96. The third kappa shape index (κ3) is 5.99. The molecule has 8 nitrogen and oxygen atoms in total. The molecule has 1 fully saturated rings. The van der Waals surface area contributed by atoms with Gasteiger partial charge in [-0.05, 0) is 56.9 Å². The van der Waals surface area contributed by atoms with Gasteiger partial charge in [-0.1, -0.05) is 12.1 Å². The van der Waals surface area contributed by atoms with Crippen molar-refractivity contribution in [3.63, 3.8) is 0 Å². The Morgan fingerprint density at radius 3 is 2.33 bits per heavy atom. The largest absolute Gasteiger partial charge is 0.354 e. The fourth-order valence-electron chi connectivity index (χ4n) is 3.40. The van der Waals surface area contributed by atoms with Gasteiger partial charge in [0.05, 0.1) is 4.90 Å². The van der Waals surface area contributed by atoms with Crippen LogP contribution in [0.25, 0.3) is 0 Å². The average molecular weight is 432 g/mol. The van der Waals surface area contributed by atoms with E-state index in [-0.39, 0.29) is 5.91 Å². The number of nitrogens with zero attached hydrogens (tertiary/aromatic N) is 3. The van der Waals surface area contributed by atoms with Crippen LogP contribution >= 0.6 is 0 Å². The van der Waals surface area contributed by atoms with Crippen molar-refractivity contribution in [1.82, 2.24) is 19.6 Å². The van der Waals surface area contributed by atoms with Crippen molar-refractivity contribution in [2.24, 2.45) is 0 Å². The van der Waals surface area contributed by atoms with Gasteiger partial charge in [0.2, 0.25) is 21.9 Å². The maximum atomic E-state index is 12.5. The van der Waals surface area contributed by atoms with Crippen LogP contribution in [-0.2, 0) is 21.4 Å². The molecule has 9 heteroatoms. The van der Waals surface area contributed by atoms with Crippen molar-refractivity contribution >= 4 is 21.9 Å². The number of sulfonamides is 1. The van der Waals surface area contributed by atoms with Crippen molar-refractivity contribution in [2.75, 3.05) is 25.0 Å². The molecular formula is C21H29N5O3S. The van der Waals surface area contributed by atoms with Crippen LogP contribution in [0, 0.1) is 13.8 Å². The Labute approximate surface area is 178 Å². The molecule has 30 heavy (non-hydrogen) atoms. The molecule has 0 bridgehead atoms. The molecule has 0 unspecified atom stereocenters. The molecule has 3 rings (SSSR count). The van der Waals surface area contributed by atoms with Crippen LogP contribution in [0.2, 0.25) is 0 Å². The molecule has 0 radical (unpaired) electrons. The highest BCUT2D eigenvalue weighted by atomic mass is 32.2. The van der Waals surface area contributed by atoms with Gasteiger partial charge in [-0.3, -0.25) is 4.79 Å². The van der Waals surface area contributed by atoms with Crippen LogP contribution in [0.15, 0.2) is 35.2 Å². The van der Waals surface area contributed by atoms with Crippen molar-refractivity contribution in [2.45, 2.75) is 51.0 Å². The van der Waals surface area contributed by atoms with Crippen LogP contribution in [-0.4, -0.2) is 48.2 Å². The first kappa shape index (κ1) is 22.2. The highest BCUT2D eigenvalue weighted by molar-refractivity contribution is 7.89. The zero-order valence-corrected chi connectivity index (χ0v) is 18.3. The van der Waals surface area contributed by atoms with Gasteiger partial charge in [0.15, 0.2) is 0 Å². The van der Waals surface area contributed by atoms with Gasteiger partial charge in [0, 0.05) is 44.0 Å². The lowest BCUT2D eigenvalue weighted by Gasteiger charge is -2.15. The minimum atomic E-state index is -3.40. The Kier molecular flexibility index (Phi) is 7.38. The van der Waals surface area contributed by atoms with Gasteiger partial charge in [-0.15, -0.1) is 0 Å². The third-order valence-corrected chi connectivity index (χ3v) is 6.87. The van der Waals surface area contributed by atoms with E-state index in [1.807, 2.05) is 19.9 Å². The summed E-state index contributed by atoms with van der Waals surface area (Å²) in [4.78, 5) is 21.0. The van der Waals surface area contributed by atoms with E-state index in [4.69, 9.17) is 0 Å². The number of benzene rings is 1. The number of carbonyl (C=O) groups excluding carboxylic acids is 1. The SMILES string of the molecule is Cc1cc(C)nc(NCCCC(=O)NCc2ccc(S(=O)(=O)N3CCCC3)cc2)n1. The molecule has 2 heterocycles. The van der Waals surface area contributed by atoms with Gasteiger partial charge >= 0.3 is 0 Å². The highest BCUT2D eigenvalue weighted by Gasteiger charge is 2.26. The van der Waals surface area contributed by atoms with E-state index >= 15 is 0 Å². The molecule has 0 aliphatic carbocycles. The number of anilines is 1. The Morgan fingerprint density at radius 1 is 1.07 bits per heavy atom. The zero-order chi connectivity index (χ0) is 21.6. The summed E-state index contributed by atoms with van der Waals surface area (Å²) in [6.45, 7) is 5.99. The number of hydrogen-bond donors (Lipinski definition) is 2. The molecule has 2 N–H and O–H groups in total. The Balaban J connectivity index is 1.40. The van der Waals surface area contributed by atoms with Crippen LogP contribution in [0.5, 0.6) is 0 Å². The maximum Gasteiger partial charge on any atom is 0.243 e. The molecular weight excluding hydrogens is 402 g/mol. The highest BCUT2D eigenvalue weighted by Crippen LogP contribution is 2.21. The molecule has 1 aromatic heterocycles. The molecule has 1 aliphatic rings. The number of carbonyl (C=O) groups is 1. The lowest BCUT2D eigenvalue weighted by molar-refractivity contribution is -0.121. The summed E-state index contributed by atoms with van der Waals surface area (Å²) < 4.78 is 26.6. The van der Waals surface area contributed by atoms with E-state index in [1.54, 1.807) is 24.3 Å². The maximum absolute atomic E-state index is 12.5. The predicted molar refractivity (Wildman–Crippen MR) is 116 cm³/mol. The van der Waals surface area contributed by atoms with Crippen LogP contribution in [0.3, 0.4) is 0 Å². The lowest BCUT2D eigenvalue weighted by atomic mass is 10.2. The lowest BCUT2D eigenvalue weighted by Crippen LogP contribution is -2.28. The molecule has 2 aromatic rings. The van der Waals surface area contributed by atoms with Crippen molar-refractivity contribution < 1.29 is 13.2 Å². The first-order chi connectivity index (χ1) is 14.3.